The number of nitrogens with one attached hydrogen (secondary N) is 3. The summed E-state index contributed by atoms with van der Waals surface area (Å²) in [6.45, 7) is 2.54. The van der Waals surface area contributed by atoms with E-state index in [9.17, 15) is 4.79 Å². The highest BCUT2D eigenvalue weighted by Crippen LogP contribution is 2.33. The van der Waals surface area contributed by atoms with E-state index in [1.54, 1.807) is 18.4 Å². The first-order valence-electron chi connectivity index (χ1n) is 9.94. The van der Waals surface area contributed by atoms with Gasteiger partial charge in [0.1, 0.15) is 5.75 Å². The molecule has 0 bridgehead atoms. The van der Waals surface area contributed by atoms with Crippen LogP contribution in [0.25, 0.3) is 10.9 Å². The summed E-state index contributed by atoms with van der Waals surface area (Å²) in [5.74, 6) is 0.708. The number of carbonyl (C=O) groups is 1. The van der Waals surface area contributed by atoms with Gasteiger partial charge >= 0.3 is 0 Å². The second-order valence-electron chi connectivity index (χ2n) is 7.18. The van der Waals surface area contributed by atoms with Gasteiger partial charge in [0.25, 0.3) is 0 Å². The number of carbonyl (C=O) groups excluding carboxylic acids is 1. The number of methoxy groups -OCH3 is 1. The molecule has 2 aromatic heterocycles. The van der Waals surface area contributed by atoms with E-state index in [2.05, 4.69) is 57.5 Å². The van der Waals surface area contributed by atoms with Crippen LogP contribution >= 0.6 is 11.3 Å². The Morgan fingerprint density at radius 2 is 1.90 bits per heavy atom. The Kier molecular flexibility index (Phi) is 6.16. The number of thiophene rings is 1. The molecule has 3 N–H and O–H groups in total. The van der Waals surface area contributed by atoms with Crippen molar-refractivity contribution in [2.24, 2.45) is 0 Å². The van der Waals surface area contributed by atoms with Crippen molar-refractivity contribution < 1.29 is 9.53 Å². The van der Waals surface area contributed by atoms with Crippen molar-refractivity contribution in [2.75, 3.05) is 19.0 Å². The summed E-state index contributed by atoms with van der Waals surface area (Å²) in [5, 5.41) is 9.68. The molecule has 0 saturated carbocycles. The number of hydrogen-bond donors (Lipinski definition) is 3. The first-order chi connectivity index (χ1) is 14.7. The standard InChI is InChI=1S/C24H25N3O2S/c1-16(24(28)27-21-10-5-6-11-22(21)29-2)25-15-19(23-12-7-13-30-23)18-14-26-20-9-4-3-8-17(18)20/h3-14,16,19,25-26H,15H2,1-2H3,(H,27,28)/t16-,19-/m1/s1. The molecule has 154 valence electrons. The number of ether oxygens (including phenoxy) is 1. The molecule has 2 atom stereocenters. The Morgan fingerprint density at radius 1 is 1.10 bits per heavy atom. The number of benzene rings is 2. The van der Waals surface area contributed by atoms with Crippen LogP contribution in [0.3, 0.4) is 0 Å². The lowest BCUT2D eigenvalue weighted by molar-refractivity contribution is -0.117. The lowest BCUT2D eigenvalue weighted by Crippen LogP contribution is -2.40. The summed E-state index contributed by atoms with van der Waals surface area (Å²) in [6, 6.07) is 19.6. The van der Waals surface area contributed by atoms with Crippen LogP contribution in [0, 0.1) is 0 Å². The average molecular weight is 420 g/mol. The minimum absolute atomic E-state index is 0.0941. The van der Waals surface area contributed by atoms with Crippen LogP contribution in [0.5, 0.6) is 5.75 Å². The van der Waals surface area contributed by atoms with Crippen molar-refractivity contribution in [1.29, 1.82) is 0 Å². The highest BCUT2D eigenvalue weighted by molar-refractivity contribution is 7.10. The van der Waals surface area contributed by atoms with Crippen LogP contribution < -0.4 is 15.4 Å². The van der Waals surface area contributed by atoms with E-state index in [4.69, 9.17) is 4.74 Å². The monoisotopic (exact) mass is 419 g/mol. The maximum absolute atomic E-state index is 12.7. The van der Waals surface area contributed by atoms with E-state index in [0.29, 0.717) is 18.0 Å². The van der Waals surface area contributed by atoms with E-state index in [0.717, 1.165) is 5.52 Å². The van der Waals surface area contributed by atoms with Gasteiger partial charge in [0.2, 0.25) is 5.91 Å². The SMILES string of the molecule is COc1ccccc1NC(=O)[C@@H](C)NC[C@@H](c1cccs1)c1c[nH]c2ccccc12. The Balaban J connectivity index is 1.49. The maximum atomic E-state index is 12.7. The lowest BCUT2D eigenvalue weighted by atomic mass is 9.96. The van der Waals surface area contributed by atoms with Crippen molar-refractivity contribution in [3.63, 3.8) is 0 Å². The smallest absolute Gasteiger partial charge is 0.241 e. The van der Waals surface area contributed by atoms with Gasteiger partial charge in [-0.25, -0.2) is 0 Å². The minimum Gasteiger partial charge on any atom is -0.495 e. The highest BCUT2D eigenvalue weighted by Gasteiger charge is 2.22. The summed E-state index contributed by atoms with van der Waals surface area (Å²) < 4.78 is 5.33. The number of hydrogen-bond acceptors (Lipinski definition) is 4. The van der Waals surface area contributed by atoms with E-state index < -0.39 is 0 Å². The third kappa shape index (κ3) is 4.25. The van der Waals surface area contributed by atoms with Crippen molar-refractivity contribution in [3.05, 3.63) is 82.7 Å². The highest BCUT2D eigenvalue weighted by atomic mass is 32.1. The lowest BCUT2D eigenvalue weighted by Gasteiger charge is -2.20. The van der Waals surface area contributed by atoms with Crippen LogP contribution in [-0.4, -0.2) is 30.6 Å². The third-order valence-corrected chi connectivity index (χ3v) is 6.26. The number of rotatable bonds is 8. The minimum atomic E-state index is -0.359. The molecule has 0 aliphatic rings. The molecule has 2 aromatic carbocycles. The molecule has 4 aromatic rings. The fraction of sp³-hybridized carbons (Fsp3) is 0.208. The molecule has 4 rings (SSSR count). The van der Waals surface area contributed by atoms with Gasteiger partial charge in [0.15, 0.2) is 0 Å². The molecular formula is C24H25N3O2S. The fourth-order valence-corrected chi connectivity index (χ4v) is 4.46. The van der Waals surface area contributed by atoms with Gasteiger partial charge in [0.05, 0.1) is 18.8 Å². The Morgan fingerprint density at radius 3 is 2.70 bits per heavy atom. The van der Waals surface area contributed by atoms with Gasteiger partial charge in [0, 0.05) is 34.4 Å². The molecule has 30 heavy (non-hydrogen) atoms. The quantitative estimate of drug-likeness (QED) is 0.377. The van der Waals surface area contributed by atoms with Gasteiger partial charge in [-0.3, -0.25) is 4.79 Å². The molecule has 0 fully saturated rings. The molecule has 1 amide bonds. The second kappa shape index (κ2) is 9.15. The summed E-state index contributed by atoms with van der Waals surface area (Å²) in [4.78, 5) is 17.4. The molecule has 0 unspecified atom stereocenters. The largest absolute Gasteiger partial charge is 0.495 e. The topological polar surface area (TPSA) is 66.2 Å². The zero-order valence-corrected chi connectivity index (χ0v) is 17.8. The maximum Gasteiger partial charge on any atom is 0.241 e. The third-order valence-electron chi connectivity index (χ3n) is 5.27. The molecular weight excluding hydrogens is 394 g/mol. The first-order valence-corrected chi connectivity index (χ1v) is 10.8. The van der Waals surface area contributed by atoms with Gasteiger partial charge in [-0.15, -0.1) is 11.3 Å². The zero-order chi connectivity index (χ0) is 20.9. The molecule has 0 spiro atoms. The summed E-state index contributed by atoms with van der Waals surface area (Å²) in [7, 11) is 1.60. The van der Waals surface area contributed by atoms with Gasteiger partial charge in [-0.05, 0) is 42.1 Å². The number of para-hydroxylation sites is 3. The Bertz CT molecular complexity index is 1120. The summed E-state index contributed by atoms with van der Waals surface area (Å²) in [5.41, 5.74) is 3.03. The summed E-state index contributed by atoms with van der Waals surface area (Å²) in [6.07, 6.45) is 2.08. The van der Waals surface area contributed by atoms with Crippen molar-refractivity contribution in [2.45, 2.75) is 18.9 Å². The molecule has 2 heterocycles. The van der Waals surface area contributed by atoms with E-state index >= 15 is 0 Å². The van der Waals surface area contributed by atoms with Crippen LogP contribution in [0.2, 0.25) is 0 Å². The zero-order valence-electron chi connectivity index (χ0n) is 17.0. The Hall–Kier alpha value is -3.09. The Labute approximate surface area is 180 Å². The predicted octanol–water partition coefficient (Wildman–Crippen LogP) is 4.99. The molecule has 5 nitrogen and oxygen atoms in total. The van der Waals surface area contributed by atoms with Gasteiger partial charge in [-0.2, -0.15) is 0 Å². The average Bonchev–Trinajstić information content (AvgIpc) is 3.45. The summed E-state index contributed by atoms with van der Waals surface area (Å²) >= 11 is 1.73. The fourth-order valence-electron chi connectivity index (χ4n) is 3.61. The van der Waals surface area contributed by atoms with Crippen LogP contribution in [0.4, 0.5) is 5.69 Å². The molecule has 0 aliphatic heterocycles. The van der Waals surface area contributed by atoms with Crippen molar-refractivity contribution >= 4 is 33.8 Å². The number of anilines is 1. The van der Waals surface area contributed by atoms with Gasteiger partial charge < -0.3 is 20.4 Å². The van der Waals surface area contributed by atoms with Crippen LogP contribution in [-0.2, 0) is 4.79 Å². The van der Waals surface area contributed by atoms with Gasteiger partial charge in [-0.1, -0.05) is 36.4 Å². The molecule has 0 saturated heterocycles. The molecule has 0 aliphatic carbocycles. The van der Waals surface area contributed by atoms with Crippen molar-refractivity contribution in [3.8, 4) is 5.75 Å². The van der Waals surface area contributed by atoms with Crippen LogP contribution in [0.15, 0.2) is 72.2 Å². The number of aromatic amines is 1. The van der Waals surface area contributed by atoms with Crippen LogP contribution in [0.1, 0.15) is 23.3 Å². The van der Waals surface area contributed by atoms with E-state index in [1.165, 1.54) is 15.8 Å². The molecule has 6 heteroatoms. The number of H-pyrrole nitrogens is 1. The normalized spacial score (nSPS) is 13.1. The van der Waals surface area contributed by atoms with Crippen molar-refractivity contribution in [1.82, 2.24) is 10.3 Å². The predicted molar refractivity (Wildman–Crippen MR) is 124 cm³/mol. The number of fused-ring (bicyclic) bond motifs is 1. The van der Waals surface area contributed by atoms with E-state index in [-0.39, 0.29) is 17.9 Å². The first kappa shape index (κ1) is 20.2. The number of aromatic nitrogens is 1. The number of amides is 1. The second-order valence-corrected chi connectivity index (χ2v) is 8.16. The molecule has 0 radical (unpaired) electrons. The van der Waals surface area contributed by atoms with E-state index in [1.807, 2.05) is 37.3 Å².